The van der Waals surface area contributed by atoms with Crippen LogP contribution in [0.25, 0.3) is 5.69 Å². The van der Waals surface area contributed by atoms with Crippen molar-refractivity contribution < 1.29 is 23.4 Å². The third-order valence-corrected chi connectivity index (χ3v) is 5.69. The van der Waals surface area contributed by atoms with Gasteiger partial charge in [-0.1, -0.05) is 31.0 Å². The first-order valence-electron chi connectivity index (χ1n) is 12.1. The molecule has 0 spiro atoms. The number of benzene rings is 2. The van der Waals surface area contributed by atoms with Crippen LogP contribution >= 0.6 is 0 Å². The van der Waals surface area contributed by atoms with Crippen LogP contribution in [0.4, 0.5) is 4.39 Å². The average molecular weight is 504 g/mol. The van der Waals surface area contributed by atoms with E-state index >= 15 is 0 Å². The smallest absolute Gasteiger partial charge is 0.227 e. The van der Waals surface area contributed by atoms with E-state index in [0.29, 0.717) is 43.4 Å². The fraction of sp³-hybridized carbons (Fsp3) is 0.276. The van der Waals surface area contributed by atoms with Gasteiger partial charge in [0.1, 0.15) is 23.9 Å². The molecule has 2 aromatic carbocycles. The van der Waals surface area contributed by atoms with Crippen LogP contribution in [-0.2, 0) is 24.2 Å². The van der Waals surface area contributed by atoms with E-state index in [1.165, 1.54) is 12.1 Å². The van der Waals surface area contributed by atoms with Gasteiger partial charge in [0.15, 0.2) is 0 Å². The number of ether oxygens (including phenoxy) is 2. The first-order chi connectivity index (χ1) is 18.1. The Morgan fingerprint density at radius 3 is 2.57 bits per heavy atom. The fourth-order valence-electron chi connectivity index (χ4n) is 4.02. The molecule has 0 saturated carbocycles. The number of aliphatic hydroxyl groups excluding tert-OH is 1. The first-order valence-corrected chi connectivity index (χ1v) is 12.1. The van der Waals surface area contributed by atoms with E-state index in [1.807, 2.05) is 54.3 Å². The second-order valence-electron chi connectivity index (χ2n) is 8.51. The SMILES string of the molecule is C#CCOCC(O)CN(Cc1ccco1)Cc1c(CC)nn(-c2ccc(F)cc2)c1Oc1ccccc1. The Hall–Kier alpha value is -3.90. The Labute approximate surface area is 216 Å². The first kappa shape index (κ1) is 26.2. The molecule has 1 N–H and O–H groups in total. The lowest BCUT2D eigenvalue weighted by molar-refractivity contribution is 0.0228. The lowest BCUT2D eigenvalue weighted by Gasteiger charge is -2.24. The van der Waals surface area contributed by atoms with Crippen molar-refractivity contribution in [1.82, 2.24) is 14.7 Å². The van der Waals surface area contributed by atoms with Crippen molar-refractivity contribution in [3.8, 4) is 29.7 Å². The number of aliphatic hydroxyl groups is 1. The van der Waals surface area contributed by atoms with Crippen LogP contribution in [0.3, 0.4) is 0 Å². The molecule has 0 bridgehead atoms. The highest BCUT2D eigenvalue weighted by Gasteiger charge is 2.24. The van der Waals surface area contributed by atoms with Gasteiger partial charge in [-0.3, -0.25) is 4.90 Å². The van der Waals surface area contributed by atoms with E-state index in [-0.39, 0.29) is 19.0 Å². The Morgan fingerprint density at radius 1 is 1.11 bits per heavy atom. The van der Waals surface area contributed by atoms with Crippen molar-refractivity contribution in [2.45, 2.75) is 32.5 Å². The third kappa shape index (κ3) is 7.08. The summed E-state index contributed by atoms with van der Waals surface area (Å²) in [5.41, 5.74) is 2.37. The molecule has 2 heterocycles. The number of aryl methyl sites for hydroxylation is 1. The molecule has 0 aliphatic heterocycles. The molecule has 37 heavy (non-hydrogen) atoms. The fourth-order valence-corrected chi connectivity index (χ4v) is 4.02. The zero-order chi connectivity index (χ0) is 26.0. The van der Waals surface area contributed by atoms with E-state index in [1.54, 1.807) is 23.1 Å². The number of hydrogen-bond donors (Lipinski definition) is 1. The minimum absolute atomic E-state index is 0.113. The molecular weight excluding hydrogens is 473 g/mol. The Morgan fingerprint density at radius 2 is 1.89 bits per heavy atom. The standard InChI is InChI=1S/C29H30FN3O4/c1-3-16-35-21-24(34)18-32(19-26-11-8-17-36-26)20-27-28(4-2)31-33(23-14-12-22(30)13-15-23)29(27)37-25-9-6-5-7-10-25/h1,5-15,17,24,34H,4,16,18-21H2,2H3. The summed E-state index contributed by atoms with van der Waals surface area (Å²) in [7, 11) is 0. The van der Waals surface area contributed by atoms with E-state index in [0.717, 1.165) is 17.0 Å². The largest absolute Gasteiger partial charge is 0.468 e. The van der Waals surface area contributed by atoms with E-state index in [4.69, 9.17) is 25.4 Å². The predicted octanol–water partition coefficient (Wildman–Crippen LogP) is 4.97. The van der Waals surface area contributed by atoms with Gasteiger partial charge in [-0.25, -0.2) is 9.07 Å². The molecule has 0 amide bonds. The molecule has 0 saturated heterocycles. The van der Waals surface area contributed by atoms with E-state index in [9.17, 15) is 9.50 Å². The average Bonchev–Trinajstić information content (AvgIpc) is 3.53. The number of aromatic nitrogens is 2. The maximum Gasteiger partial charge on any atom is 0.227 e. The number of nitrogens with zero attached hydrogens (tertiary/aromatic N) is 3. The summed E-state index contributed by atoms with van der Waals surface area (Å²) in [6.07, 6.45) is 6.76. The summed E-state index contributed by atoms with van der Waals surface area (Å²) >= 11 is 0. The normalized spacial score (nSPS) is 12.0. The molecule has 0 aliphatic carbocycles. The Bertz CT molecular complexity index is 1280. The molecule has 7 nitrogen and oxygen atoms in total. The van der Waals surface area contributed by atoms with Gasteiger partial charge in [0.05, 0.1) is 42.5 Å². The molecule has 4 aromatic rings. The summed E-state index contributed by atoms with van der Waals surface area (Å²) in [6, 6.07) is 19.3. The van der Waals surface area contributed by atoms with E-state index < -0.39 is 6.10 Å². The molecular formula is C29H30FN3O4. The minimum Gasteiger partial charge on any atom is -0.468 e. The van der Waals surface area contributed by atoms with Crippen LogP contribution in [0.5, 0.6) is 11.6 Å². The number of furan rings is 1. The second kappa shape index (κ2) is 12.9. The summed E-state index contributed by atoms with van der Waals surface area (Å²) in [5, 5.41) is 15.5. The van der Waals surface area contributed by atoms with Crippen molar-refractivity contribution in [2.75, 3.05) is 19.8 Å². The maximum atomic E-state index is 13.7. The van der Waals surface area contributed by atoms with Crippen molar-refractivity contribution in [3.05, 3.63) is 95.8 Å². The monoisotopic (exact) mass is 503 g/mol. The van der Waals surface area contributed by atoms with Gasteiger partial charge in [-0.2, -0.15) is 5.10 Å². The van der Waals surface area contributed by atoms with Crippen molar-refractivity contribution in [3.63, 3.8) is 0 Å². The Balaban J connectivity index is 1.70. The number of rotatable bonds is 13. The van der Waals surface area contributed by atoms with Crippen LogP contribution in [0.1, 0.15) is 23.9 Å². The van der Waals surface area contributed by atoms with Crippen molar-refractivity contribution in [2.24, 2.45) is 0 Å². The van der Waals surface area contributed by atoms with Gasteiger partial charge < -0.3 is 19.0 Å². The van der Waals surface area contributed by atoms with Gasteiger partial charge >= 0.3 is 0 Å². The van der Waals surface area contributed by atoms with Crippen molar-refractivity contribution in [1.29, 1.82) is 0 Å². The summed E-state index contributed by atoms with van der Waals surface area (Å²) in [6.45, 7) is 3.44. The highest BCUT2D eigenvalue weighted by atomic mass is 19.1. The third-order valence-electron chi connectivity index (χ3n) is 5.69. The minimum atomic E-state index is -0.765. The van der Waals surface area contributed by atoms with Gasteiger partial charge in [0.25, 0.3) is 0 Å². The molecule has 0 radical (unpaired) electrons. The van der Waals surface area contributed by atoms with Gasteiger partial charge in [0.2, 0.25) is 5.88 Å². The second-order valence-corrected chi connectivity index (χ2v) is 8.51. The number of para-hydroxylation sites is 1. The lowest BCUT2D eigenvalue weighted by Crippen LogP contribution is -2.34. The van der Waals surface area contributed by atoms with Gasteiger partial charge in [-0.05, 0) is 55.0 Å². The number of halogens is 1. The zero-order valence-electron chi connectivity index (χ0n) is 20.7. The summed E-state index contributed by atoms with van der Waals surface area (Å²) in [5.74, 6) is 4.01. The molecule has 0 fully saturated rings. The topological polar surface area (TPSA) is 72.9 Å². The molecule has 8 heteroatoms. The van der Waals surface area contributed by atoms with Gasteiger partial charge in [0, 0.05) is 13.1 Å². The summed E-state index contributed by atoms with van der Waals surface area (Å²) < 4.78 is 32.7. The molecule has 1 unspecified atom stereocenters. The quantitative estimate of drug-likeness (QED) is 0.205. The van der Waals surface area contributed by atoms with Crippen molar-refractivity contribution >= 4 is 0 Å². The zero-order valence-corrected chi connectivity index (χ0v) is 20.7. The van der Waals surface area contributed by atoms with E-state index in [2.05, 4.69) is 5.92 Å². The molecule has 0 aliphatic rings. The number of terminal acetylenes is 1. The lowest BCUT2D eigenvalue weighted by atomic mass is 10.1. The molecule has 2 aromatic heterocycles. The highest BCUT2D eigenvalue weighted by molar-refractivity contribution is 5.44. The van der Waals surface area contributed by atoms with Crippen LogP contribution in [-0.4, -0.2) is 45.6 Å². The maximum absolute atomic E-state index is 13.7. The highest BCUT2D eigenvalue weighted by Crippen LogP contribution is 2.32. The molecule has 4 rings (SSSR count). The Kier molecular flexibility index (Phi) is 9.11. The van der Waals surface area contributed by atoms with Crippen LogP contribution in [0.2, 0.25) is 0 Å². The predicted molar refractivity (Wildman–Crippen MR) is 138 cm³/mol. The molecule has 1 atom stereocenters. The van der Waals surface area contributed by atoms with Gasteiger partial charge in [-0.15, -0.1) is 6.42 Å². The van der Waals surface area contributed by atoms with Crippen LogP contribution < -0.4 is 4.74 Å². The van der Waals surface area contributed by atoms with Crippen LogP contribution in [0.15, 0.2) is 77.4 Å². The summed E-state index contributed by atoms with van der Waals surface area (Å²) in [4.78, 5) is 2.05. The molecule has 192 valence electrons. The number of hydrogen-bond acceptors (Lipinski definition) is 6. The van der Waals surface area contributed by atoms with Crippen LogP contribution in [0, 0.1) is 18.2 Å².